The van der Waals surface area contributed by atoms with E-state index in [1.807, 2.05) is 0 Å². The van der Waals surface area contributed by atoms with Crippen molar-refractivity contribution in [1.82, 2.24) is 0 Å². The van der Waals surface area contributed by atoms with Gasteiger partial charge in [0.2, 0.25) is 17.8 Å². The van der Waals surface area contributed by atoms with Gasteiger partial charge in [-0.2, -0.15) is 0 Å². The molecule has 19 nitrogen and oxygen atoms in total. The fourth-order valence-corrected chi connectivity index (χ4v) is 8.20. The van der Waals surface area contributed by atoms with E-state index in [9.17, 15) is 35.1 Å². The molecule has 0 amide bonds. The highest BCUT2D eigenvalue weighted by molar-refractivity contribution is 5.88. The van der Waals surface area contributed by atoms with Gasteiger partial charge >= 0.3 is 11.9 Å². The predicted molar refractivity (Wildman–Crippen MR) is 235 cm³/mol. The van der Waals surface area contributed by atoms with E-state index in [-0.39, 0.29) is 69.3 Å². The van der Waals surface area contributed by atoms with Crippen molar-refractivity contribution < 1.29 is 92.0 Å². The average Bonchev–Trinajstić information content (AvgIpc) is 3.96. The Labute approximate surface area is 385 Å². The Hall–Kier alpha value is -6.90. The van der Waals surface area contributed by atoms with Crippen LogP contribution in [0, 0.1) is 11.8 Å². The molecular weight excluding hydrogens is 881 g/mol. The molecule has 19 heteroatoms. The van der Waals surface area contributed by atoms with Gasteiger partial charge in [0, 0.05) is 24.0 Å². The largest absolute Gasteiger partial charge is 0.504 e. The fourth-order valence-electron chi connectivity index (χ4n) is 8.20. The zero-order valence-corrected chi connectivity index (χ0v) is 37.4. The lowest BCUT2D eigenvalue weighted by Crippen LogP contribution is -2.61. The Morgan fingerprint density at radius 1 is 0.612 bits per heavy atom. The number of phenols is 3. The van der Waals surface area contributed by atoms with Gasteiger partial charge in [-0.25, -0.2) is 9.59 Å². The highest BCUT2D eigenvalue weighted by Gasteiger charge is 2.50. The number of rotatable bonds is 17. The second kappa shape index (κ2) is 21.2. The van der Waals surface area contributed by atoms with Crippen LogP contribution in [0.1, 0.15) is 34.5 Å². The number of aliphatic hydroxyl groups excluding tert-OH is 2. The van der Waals surface area contributed by atoms with E-state index >= 15 is 0 Å². The monoisotopic (exact) mass is 932 g/mol. The number of phenolic OH excluding ortho intramolecular Hbond substituents is 3. The Morgan fingerprint density at radius 2 is 1.07 bits per heavy atom. The van der Waals surface area contributed by atoms with Gasteiger partial charge in [-0.05, 0) is 82.9 Å². The number of ether oxygens (including phenoxy) is 12. The van der Waals surface area contributed by atoms with E-state index in [0.717, 1.165) is 17.7 Å². The Kier molecular flexibility index (Phi) is 15.2. The maximum Gasteiger partial charge on any atom is 0.331 e. The minimum Gasteiger partial charge on any atom is -0.504 e. The molecule has 9 atom stereocenters. The highest BCUT2D eigenvalue weighted by atomic mass is 16.7. The average molecular weight is 933 g/mol. The third-order valence-electron chi connectivity index (χ3n) is 11.7. The molecule has 3 fully saturated rings. The first-order valence-electron chi connectivity index (χ1n) is 20.9. The zero-order chi connectivity index (χ0) is 47.9. The van der Waals surface area contributed by atoms with E-state index in [0.29, 0.717) is 29.9 Å². The van der Waals surface area contributed by atoms with Gasteiger partial charge in [-0.15, -0.1) is 0 Å². The predicted octanol–water partition coefficient (Wildman–Crippen LogP) is 4.64. The molecule has 0 saturated carbocycles. The summed E-state index contributed by atoms with van der Waals surface area (Å²) in [4.78, 5) is 26.2. The van der Waals surface area contributed by atoms with Crippen molar-refractivity contribution in [2.75, 3.05) is 62.5 Å². The lowest BCUT2D eigenvalue weighted by atomic mass is 9.84. The summed E-state index contributed by atoms with van der Waals surface area (Å²) < 4.78 is 68.6. The van der Waals surface area contributed by atoms with Crippen molar-refractivity contribution in [3.05, 3.63) is 95.1 Å². The van der Waals surface area contributed by atoms with Crippen LogP contribution in [0.15, 0.2) is 72.8 Å². The van der Waals surface area contributed by atoms with Crippen molar-refractivity contribution in [1.29, 1.82) is 0 Å². The molecule has 3 heterocycles. The van der Waals surface area contributed by atoms with Crippen molar-refractivity contribution >= 4 is 24.1 Å². The SMILES string of the molecule is COc1cc(C=CC(=O)OCC2OC(Oc3c(OC)cc(C4OCC5C(c6cc(OC)c(O)c(OC)c6)OCC45)cc3OC)C(O)C(O)C2OC(=O)C=Cc2ccc(O)c(OC)c2)ccc1O. The molecule has 0 aromatic heterocycles. The fraction of sp³-hybridized carbons (Fsp3) is 0.375. The number of carbonyl (C=O) groups is 2. The first-order valence-corrected chi connectivity index (χ1v) is 20.9. The number of aromatic hydroxyl groups is 3. The van der Waals surface area contributed by atoms with Gasteiger partial charge in [0.05, 0.1) is 68.1 Å². The topological polar surface area (TPSA) is 246 Å². The second-order valence-electron chi connectivity index (χ2n) is 15.6. The minimum absolute atomic E-state index is 0.0194. The number of benzene rings is 4. The van der Waals surface area contributed by atoms with E-state index in [1.165, 1.54) is 85.1 Å². The summed E-state index contributed by atoms with van der Waals surface area (Å²) in [6, 6.07) is 15.6. The van der Waals surface area contributed by atoms with E-state index in [1.54, 1.807) is 30.3 Å². The first-order chi connectivity index (χ1) is 32.3. The third kappa shape index (κ3) is 10.4. The van der Waals surface area contributed by atoms with E-state index in [2.05, 4.69) is 0 Å². The first kappa shape index (κ1) is 48.0. The van der Waals surface area contributed by atoms with Gasteiger partial charge in [0.15, 0.2) is 52.1 Å². The van der Waals surface area contributed by atoms with E-state index in [4.69, 9.17) is 56.8 Å². The van der Waals surface area contributed by atoms with Gasteiger partial charge in [-0.1, -0.05) is 12.1 Å². The molecule has 0 bridgehead atoms. The summed E-state index contributed by atoms with van der Waals surface area (Å²) in [5.74, 6) is -1.22. The van der Waals surface area contributed by atoms with Crippen molar-refractivity contribution in [2.45, 2.75) is 42.9 Å². The number of aliphatic hydroxyl groups is 2. The molecule has 4 aromatic carbocycles. The van der Waals surface area contributed by atoms with Crippen molar-refractivity contribution in [3.63, 3.8) is 0 Å². The molecule has 0 spiro atoms. The minimum atomic E-state index is -1.85. The Balaban J connectivity index is 1.10. The van der Waals surface area contributed by atoms with Crippen LogP contribution >= 0.6 is 0 Å². The number of fused-ring (bicyclic) bond motifs is 1. The summed E-state index contributed by atoms with van der Waals surface area (Å²) in [5.41, 5.74) is 2.38. The molecule has 5 N–H and O–H groups in total. The molecule has 3 aliphatic rings. The van der Waals surface area contributed by atoms with Crippen molar-refractivity contribution in [3.8, 4) is 57.5 Å². The number of hydrogen-bond acceptors (Lipinski definition) is 19. The van der Waals surface area contributed by atoms with Crippen LogP contribution in [-0.2, 0) is 33.3 Å². The second-order valence-corrected chi connectivity index (χ2v) is 15.6. The highest BCUT2D eigenvalue weighted by Crippen LogP contribution is 2.54. The number of hydrogen-bond donors (Lipinski definition) is 5. The molecule has 3 saturated heterocycles. The smallest absolute Gasteiger partial charge is 0.331 e. The summed E-state index contributed by atoms with van der Waals surface area (Å²) in [6.45, 7) is 0.0909. The maximum absolute atomic E-state index is 13.2. The molecule has 9 unspecified atom stereocenters. The van der Waals surface area contributed by atoms with Crippen LogP contribution in [0.25, 0.3) is 12.2 Å². The molecule has 0 aliphatic carbocycles. The quantitative estimate of drug-likeness (QED) is 0.0715. The van der Waals surface area contributed by atoms with Gasteiger partial charge < -0.3 is 82.4 Å². The van der Waals surface area contributed by atoms with Crippen molar-refractivity contribution in [2.24, 2.45) is 11.8 Å². The third-order valence-corrected chi connectivity index (χ3v) is 11.7. The van der Waals surface area contributed by atoms with Crippen LogP contribution in [0.2, 0.25) is 0 Å². The Morgan fingerprint density at radius 3 is 1.55 bits per heavy atom. The molecule has 0 radical (unpaired) electrons. The zero-order valence-electron chi connectivity index (χ0n) is 37.4. The summed E-state index contributed by atoms with van der Waals surface area (Å²) >= 11 is 0. The normalized spacial score (nSPS) is 24.5. The molecule has 7 rings (SSSR count). The lowest BCUT2D eigenvalue weighted by molar-refractivity contribution is -0.281. The van der Waals surface area contributed by atoms with E-state index < -0.39 is 61.5 Å². The standard InChI is InChI=1S/C48H52O19/c1-56-32-15-24(7-11-30(32)49)9-13-39(51)62-23-38-47(66-40(52)14-10-25-8-12-31(50)33(16-25)57-2)42(54)43(55)48(65-38)67-46-36(60-5)19-27(20-37(46)61-6)45-29-22-63-44(28(29)21-64-45)26-17-34(58-3)41(53)35(18-26)59-4/h7-20,28-29,38,42-45,47-50,53-55H,21-23H2,1-6H3. The van der Waals surface area contributed by atoms with Crippen LogP contribution in [0.3, 0.4) is 0 Å². The van der Waals surface area contributed by atoms with Crippen LogP contribution in [-0.4, -0.2) is 131 Å². The van der Waals surface area contributed by atoms with Crippen LogP contribution < -0.4 is 33.2 Å². The van der Waals surface area contributed by atoms with Crippen LogP contribution in [0.4, 0.5) is 0 Å². The number of esters is 2. The molecule has 358 valence electrons. The Bertz CT molecular complexity index is 2420. The molecule has 3 aliphatic heterocycles. The summed E-state index contributed by atoms with van der Waals surface area (Å²) in [5, 5.41) is 53.3. The van der Waals surface area contributed by atoms with Crippen LogP contribution in [0.5, 0.6) is 57.5 Å². The van der Waals surface area contributed by atoms with Gasteiger partial charge in [0.25, 0.3) is 0 Å². The molecular formula is C48H52O19. The number of methoxy groups -OCH3 is 6. The number of carbonyl (C=O) groups excluding carboxylic acids is 2. The van der Waals surface area contributed by atoms with Gasteiger partial charge in [0.1, 0.15) is 24.9 Å². The molecule has 67 heavy (non-hydrogen) atoms. The summed E-state index contributed by atoms with van der Waals surface area (Å²) in [7, 11) is 8.45. The molecule has 4 aromatic rings. The summed E-state index contributed by atoms with van der Waals surface area (Å²) in [6.07, 6.45) is -4.29. The lowest BCUT2D eigenvalue weighted by Gasteiger charge is -2.41. The maximum atomic E-state index is 13.2. The van der Waals surface area contributed by atoms with Gasteiger partial charge in [-0.3, -0.25) is 0 Å².